The van der Waals surface area contributed by atoms with Crippen LogP contribution in [-0.4, -0.2) is 20.2 Å². The summed E-state index contributed by atoms with van der Waals surface area (Å²) in [6.07, 6.45) is 0.207. The van der Waals surface area contributed by atoms with Crippen LogP contribution < -0.4 is 0 Å². The Bertz CT molecular complexity index is 787. The number of aromatic nitrogens is 4. The highest BCUT2D eigenvalue weighted by Gasteiger charge is 2.12. The quantitative estimate of drug-likeness (QED) is 0.789. The van der Waals surface area contributed by atoms with Crippen molar-refractivity contribution in [3.63, 3.8) is 0 Å². The van der Waals surface area contributed by atoms with Crippen molar-refractivity contribution in [2.45, 2.75) is 6.42 Å². The molecule has 0 aliphatic rings. The number of halogens is 1. The van der Waals surface area contributed by atoms with E-state index in [9.17, 15) is 0 Å². The smallest absolute Gasteiger partial charge is 0.200 e. The molecular formula is C13H8BrN5. The Morgan fingerprint density at radius 1 is 1.26 bits per heavy atom. The number of H-pyrrole nitrogens is 1. The van der Waals surface area contributed by atoms with Crippen molar-refractivity contribution in [3.8, 4) is 17.6 Å². The number of nitrogens with zero attached hydrogens (tertiary/aromatic N) is 4. The topological polar surface area (TPSA) is 78.2 Å². The maximum absolute atomic E-state index is 8.63. The van der Waals surface area contributed by atoms with Crippen LogP contribution >= 0.6 is 15.9 Å². The molecule has 6 heteroatoms. The Labute approximate surface area is 117 Å². The SMILES string of the molecule is N#CCc1nc(-c2nc3ccccc3cc2Br)n[nH]1. The molecule has 2 aromatic heterocycles. The molecule has 92 valence electrons. The predicted octanol–water partition coefficient (Wildman–Crippen LogP) is 2.85. The maximum Gasteiger partial charge on any atom is 0.200 e. The molecule has 0 spiro atoms. The van der Waals surface area contributed by atoms with Crippen molar-refractivity contribution in [3.05, 3.63) is 40.6 Å². The summed E-state index contributed by atoms with van der Waals surface area (Å²) in [5.74, 6) is 1.03. The zero-order valence-electron chi connectivity index (χ0n) is 9.76. The summed E-state index contributed by atoms with van der Waals surface area (Å²) in [7, 11) is 0. The van der Waals surface area contributed by atoms with Crippen molar-refractivity contribution >= 4 is 26.8 Å². The Kier molecular flexibility index (Phi) is 2.97. The fraction of sp³-hybridized carbons (Fsp3) is 0.0769. The van der Waals surface area contributed by atoms with Crippen LogP contribution in [0.3, 0.4) is 0 Å². The van der Waals surface area contributed by atoms with Crippen molar-refractivity contribution in [1.29, 1.82) is 5.26 Å². The summed E-state index contributed by atoms with van der Waals surface area (Å²) in [6, 6.07) is 11.8. The molecule has 0 saturated heterocycles. The Morgan fingerprint density at radius 2 is 2.11 bits per heavy atom. The van der Waals surface area contributed by atoms with E-state index in [1.807, 2.05) is 36.4 Å². The second kappa shape index (κ2) is 4.78. The number of benzene rings is 1. The minimum Gasteiger partial charge on any atom is -0.262 e. The third kappa shape index (κ3) is 2.20. The first-order valence-corrected chi connectivity index (χ1v) is 6.41. The van der Waals surface area contributed by atoms with Gasteiger partial charge >= 0.3 is 0 Å². The summed E-state index contributed by atoms with van der Waals surface area (Å²) in [5.41, 5.74) is 1.55. The molecule has 0 aliphatic carbocycles. The Hall–Kier alpha value is -2.26. The molecule has 0 fully saturated rings. The molecule has 0 unspecified atom stereocenters. The van der Waals surface area contributed by atoms with Gasteiger partial charge in [-0.2, -0.15) is 10.4 Å². The average molecular weight is 314 g/mol. The largest absolute Gasteiger partial charge is 0.262 e. The number of aromatic amines is 1. The minimum absolute atomic E-state index is 0.207. The summed E-state index contributed by atoms with van der Waals surface area (Å²) >= 11 is 3.48. The van der Waals surface area contributed by atoms with Crippen molar-refractivity contribution in [2.75, 3.05) is 0 Å². The van der Waals surface area contributed by atoms with Gasteiger partial charge in [0, 0.05) is 9.86 Å². The van der Waals surface area contributed by atoms with Crippen LogP contribution in [0.4, 0.5) is 0 Å². The highest BCUT2D eigenvalue weighted by molar-refractivity contribution is 9.10. The van der Waals surface area contributed by atoms with Gasteiger partial charge in [-0.25, -0.2) is 9.97 Å². The monoisotopic (exact) mass is 313 g/mol. The number of nitrogens with one attached hydrogen (secondary N) is 1. The van der Waals surface area contributed by atoms with E-state index in [1.54, 1.807) is 0 Å². The Morgan fingerprint density at radius 3 is 2.95 bits per heavy atom. The van der Waals surface area contributed by atoms with E-state index < -0.39 is 0 Å². The van der Waals surface area contributed by atoms with Gasteiger partial charge in [0.05, 0.1) is 18.0 Å². The molecule has 5 nitrogen and oxygen atoms in total. The van der Waals surface area contributed by atoms with E-state index in [1.165, 1.54) is 0 Å². The number of fused-ring (bicyclic) bond motifs is 1. The second-order valence-electron chi connectivity index (χ2n) is 3.95. The molecule has 0 radical (unpaired) electrons. The lowest BCUT2D eigenvalue weighted by Crippen LogP contribution is -1.90. The molecule has 1 aromatic carbocycles. The molecule has 3 rings (SSSR count). The fourth-order valence-electron chi connectivity index (χ4n) is 1.80. The number of pyridine rings is 1. The third-order valence-electron chi connectivity index (χ3n) is 2.67. The van der Waals surface area contributed by atoms with E-state index in [0.717, 1.165) is 15.4 Å². The van der Waals surface area contributed by atoms with E-state index in [4.69, 9.17) is 5.26 Å². The molecule has 0 amide bonds. The van der Waals surface area contributed by atoms with Crippen LogP contribution in [0.1, 0.15) is 5.82 Å². The van der Waals surface area contributed by atoms with E-state index in [0.29, 0.717) is 17.3 Å². The summed E-state index contributed by atoms with van der Waals surface area (Å²) in [6.45, 7) is 0. The standard InChI is InChI=1S/C13H8BrN5/c14-9-7-8-3-1-2-4-10(8)16-12(9)13-17-11(5-6-15)18-19-13/h1-4,7H,5H2,(H,17,18,19). The normalized spacial score (nSPS) is 10.5. The lowest BCUT2D eigenvalue weighted by Gasteiger charge is -2.02. The Balaban J connectivity index is 2.13. The minimum atomic E-state index is 0.207. The molecule has 3 aromatic rings. The molecule has 19 heavy (non-hydrogen) atoms. The lowest BCUT2D eigenvalue weighted by molar-refractivity contribution is 0.995. The van der Waals surface area contributed by atoms with Gasteiger partial charge in [-0.1, -0.05) is 18.2 Å². The van der Waals surface area contributed by atoms with Gasteiger partial charge in [0.2, 0.25) is 5.82 Å². The molecule has 1 N–H and O–H groups in total. The number of rotatable bonds is 2. The van der Waals surface area contributed by atoms with Gasteiger partial charge in [-0.15, -0.1) is 0 Å². The molecule has 2 heterocycles. The van der Waals surface area contributed by atoms with Crippen LogP contribution in [0.15, 0.2) is 34.8 Å². The number of para-hydroxylation sites is 1. The first-order valence-electron chi connectivity index (χ1n) is 5.62. The fourth-order valence-corrected chi connectivity index (χ4v) is 2.31. The van der Waals surface area contributed by atoms with Gasteiger partial charge in [0.1, 0.15) is 11.5 Å². The third-order valence-corrected chi connectivity index (χ3v) is 3.27. The van der Waals surface area contributed by atoms with E-state index in [2.05, 4.69) is 36.1 Å². The first-order chi connectivity index (χ1) is 9.28. The van der Waals surface area contributed by atoms with Crippen LogP contribution in [0.5, 0.6) is 0 Å². The number of hydrogen-bond acceptors (Lipinski definition) is 4. The van der Waals surface area contributed by atoms with Crippen molar-refractivity contribution in [1.82, 2.24) is 20.2 Å². The summed E-state index contributed by atoms with van der Waals surface area (Å²) < 4.78 is 0.828. The van der Waals surface area contributed by atoms with Crippen LogP contribution in [-0.2, 0) is 6.42 Å². The van der Waals surface area contributed by atoms with Gasteiger partial charge in [0.15, 0.2) is 0 Å². The summed E-state index contributed by atoms with van der Waals surface area (Å²) in [5, 5.41) is 16.5. The molecule has 0 atom stereocenters. The molecule has 0 bridgehead atoms. The van der Waals surface area contributed by atoms with E-state index >= 15 is 0 Å². The van der Waals surface area contributed by atoms with Crippen LogP contribution in [0, 0.1) is 11.3 Å². The van der Waals surface area contributed by atoms with Crippen LogP contribution in [0.25, 0.3) is 22.4 Å². The average Bonchev–Trinajstić information content (AvgIpc) is 2.87. The maximum atomic E-state index is 8.63. The number of nitriles is 1. The molecule has 0 saturated carbocycles. The zero-order chi connectivity index (χ0) is 13.2. The predicted molar refractivity (Wildman–Crippen MR) is 74.1 cm³/mol. The first kappa shape index (κ1) is 11.8. The highest BCUT2D eigenvalue weighted by atomic mass is 79.9. The molecular weight excluding hydrogens is 306 g/mol. The van der Waals surface area contributed by atoms with Gasteiger partial charge in [0.25, 0.3) is 0 Å². The van der Waals surface area contributed by atoms with Gasteiger partial charge in [-0.05, 0) is 28.1 Å². The van der Waals surface area contributed by atoms with Gasteiger partial charge < -0.3 is 0 Å². The molecule has 0 aliphatic heterocycles. The second-order valence-corrected chi connectivity index (χ2v) is 4.81. The van der Waals surface area contributed by atoms with Crippen molar-refractivity contribution in [2.24, 2.45) is 0 Å². The van der Waals surface area contributed by atoms with Crippen LogP contribution in [0.2, 0.25) is 0 Å². The van der Waals surface area contributed by atoms with Gasteiger partial charge in [-0.3, -0.25) is 5.10 Å². The zero-order valence-corrected chi connectivity index (χ0v) is 11.3. The summed E-state index contributed by atoms with van der Waals surface area (Å²) in [4.78, 5) is 8.80. The number of hydrogen-bond donors (Lipinski definition) is 1. The highest BCUT2D eigenvalue weighted by Crippen LogP contribution is 2.27. The van der Waals surface area contributed by atoms with E-state index in [-0.39, 0.29) is 6.42 Å². The van der Waals surface area contributed by atoms with Crippen molar-refractivity contribution < 1.29 is 0 Å². The lowest BCUT2D eigenvalue weighted by atomic mass is 10.2.